The van der Waals surface area contributed by atoms with Crippen molar-refractivity contribution in [3.63, 3.8) is 0 Å². The molecule has 3 atom stereocenters. The van der Waals surface area contributed by atoms with Crippen LogP contribution >= 0.6 is 0 Å². The van der Waals surface area contributed by atoms with E-state index in [1.165, 1.54) is 5.57 Å². The molecule has 0 fully saturated rings. The largest absolute Gasteiger partial charge is 0.498 e. The molecule has 0 saturated heterocycles. The number of rotatable bonds is 0. The van der Waals surface area contributed by atoms with Gasteiger partial charge in [0.25, 0.3) is 0 Å². The Morgan fingerprint density at radius 2 is 1.90 bits per heavy atom. The monoisotopic (exact) mass is 140 g/mol. The van der Waals surface area contributed by atoms with Crippen LogP contribution in [0.25, 0.3) is 0 Å². The summed E-state index contributed by atoms with van der Waals surface area (Å²) in [5.74, 6) is 1.34. The van der Waals surface area contributed by atoms with Crippen LogP contribution in [0.5, 0.6) is 0 Å². The van der Waals surface area contributed by atoms with Crippen molar-refractivity contribution in [3.8, 4) is 0 Å². The molecule has 0 aromatic carbocycles. The molecule has 1 aliphatic heterocycles. The zero-order chi connectivity index (χ0) is 7.72. The van der Waals surface area contributed by atoms with Crippen molar-refractivity contribution in [3.05, 3.63) is 11.8 Å². The summed E-state index contributed by atoms with van der Waals surface area (Å²) >= 11 is 0. The van der Waals surface area contributed by atoms with Crippen LogP contribution in [0, 0.1) is 11.8 Å². The SMILES string of the molecule is CC1=COC(C)C(C)C1C. The number of ether oxygens (including phenoxy) is 1. The van der Waals surface area contributed by atoms with Gasteiger partial charge in [-0.3, -0.25) is 0 Å². The molecule has 1 aliphatic rings. The zero-order valence-electron chi connectivity index (χ0n) is 7.22. The number of hydrogen-bond acceptors (Lipinski definition) is 1. The van der Waals surface area contributed by atoms with Gasteiger partial charge in [0, 0.05) is 0 Å². The van der Waals surface area contributed by atoms with Crippen molar-refractivity contribution < 1.29 is 4.74 Å². The van der Waals surface area contributed by atoms with E-state index >= 15 is 0 Å². The molecule has 0 bridgehead atoms. The van der Waals surface area contributed by atoms with Gasteiger partial charge >= 0.3 is 0 Å². The van der Waals surface area contributed by atoms with Gasteiger partial charge in [-0.15, -0.1) is 0 Å². The Labute approximate surface area is 63.1 Å². The standard InChI is InChI=1S/C9H16O/c1-6-5-10-9(4)8(3)7(6)2/h5,7-9H,1-4H3. The van der Waals surface area contributed by atoms with Gasteiger partial charge in [0.1, 0.15) is 0 Å². The minimum absolute atomic E-state index is 0.388. The minimum Gasteiger partial charge on any atom is -0.498 e. The first-order valence-electron chi connectivity index (χ1n) is 3.95. The summed E-state index contributed by atoms with van der Waals surface area (Å²) in [5, 5.41) is 0. The molecule has 0 spiro atoms. The predicted molar refractivity (Wildman–Crippen MR) is 42.6 cm³/mol. The Balaban J connectivity index is 2.71. The minimum atomic E-state index is 0.388. The van der Waals surface area contributed by atoms with E-state index < -0.39 is 0 Å². The highest BCUT2D eigenvalue weighted by molar-refractivity contribution is 5.04. The molecule has 1 rings (SSSR count). The van der Waals surface area contributed by atoms with Gasteiger partial charge < -0.3 is 4.74 Å². The van der Waals surface area contributed by atoms with Gasteiger partial charge in [0.2, 0.25) is 0 Å². The summed E-state index contributed by atoms with van der Waals surface area (Å²) in [6.45, 7) is 8.76. The van der Waals surface area contributed by atoms with Crippen molar-refractivity contribution in [2.24, 2.45) is 11.8 Å². The summed E-state index contributed by atoms with van der Waals surface area (Å²) in [6.07, 6.45) is 2.29. The zero-order valence-corrected chi connectivity index (χ0v) is 7.22. The Morgan fingerprint density at radius 3 is 2.40 bits per heavy atom. The van der Waals surface area contributed by atoms with E-state index in [9.17, 15) is 0 Å². The second-order valence-corrected chi connectivity index (χ2v) is 3.35. The molecule has 0 amide bonds. The first-order chi connectivity index (χ1) is 4.63. The molecule has 0 aliphatic carbocycles. The van der Waals surface area contributed by atoms with E-state index in [4.69, 9.17) is 4.74 Å². The summed E-state index contributed by atoms with van der Waals surface area (Å²) in [4.78, 5) is 0. The maximum Gasteiger partial charge on any atom is 0.0981 e. The third-order valence-corrected chi connectivity index (χ3v) is 2.72. The molecule has 1 heterocycles. The molecular formula is C9H16O. The average molecular weight is 140 g/mol. The molecule has 1 nitrogen and oxygen atoms in total. The van der Waals surface area contributed by atoms with E-state index in [0.29, 0.717) is 17.9 Å². The van der Waals surface area contributed by atoms with E-state index in [1.54, 1.807) is 0 Å². The number of hydrogen-bond donors (Lipinski definition) is 0. The predicted octanol–water partition coefficient (Wildman–Crippen LogP) is 2.58. The fourth-order valence-corrected chi connectivity index (χ4v) is 1.27. The van der Waals surface area contributed by atoms with Crippen LogP contribution in [0.3, 0.4) is 0 Å². The van der Waals surface area contributed by atoms with Gasteiger partial charge in [-0.2, -0.15) is 0 Å². The summed E-state index contributed by atoms with van der Waals surface area (Å²) in [5.41, 5.74) is 1.37. The second-order valence-electron chi connectivity index (χ2n) is 3.35. The van der Waals surface area contributed by atoms with Crippen molar-refractivity contribution in [1.29, 1.82) is 0 Å². The molecule has 0 N–H and O–H groups in total. The lowest BCUT2D eigenvalue weighted by Gasteiger charge is -2.31. The average Bonchev–Trinajstić information content (AvgIpc) is 1.93. The molecule has 10 heavy (non-hydrogen) atoms. The Morgan fingerprint density at radius 1 is 1.30 bits per heavy atom. The van der Waals surface area contributed by atoms with Gasteiger partial charge in [0.05, 0.1) is 12.4 Å². The van der Waals surface area contributed by atoms with Crippen LogP contribution in [0.4, 0.5) is 0 Å². The van der Waals surface area contributed by atoms with E-state index in [-0.39, 0.29) is 0 Å². The quantitative estimate of drug-likeness (QED) is 0.502. The number of allylic oxidation sites excluding steroid dienone is 1. The van der Waals surface area contributed by atoms with Crippen molar-refractivity contribution >= 4 is 0 Å². The molecule has 58 valence electrons. The molecule has 0 aromatic heterocycles. The van der Waals surface area contributed by atoms with E-state index in [1.807, 2.05) is 6.26 Å². The lowest BCUT2D eigenvalue weighted by Crippen LogP contribution is -2.27. The van der Waals surface area contributed by atoms with Crippen LogP contribution in [0.15, 0.2) is 11.8 Å². The van der Waals surface area contributed by atoms with Crippen LogP contribution in [-0.4, -0.2) is 6.10 Å². The highest BCUT2D eigenvalue weighted by atomic mass is 16.5. The molecular weight excluding hydrogens is 124 g/mol. The third-order valence-electron chi connectivity index (χ3n) is 2.72. The second kappa shape index (κ2) is 2.65. The summed E-state index contributed by atoms with van der Waals surface area (Å²) in [7, 11) is 0. The topological polar surface area (TPSA) is 9.23 Å². The molecule has 1 heteroatoms. The summed E-state index contributed by atoms with van der Waals surface area (Å²) in [6, 6.07) is 0. The molecule has 0 aromatic rings. The smallest absolute Gasteiger partial charge is 0.0981 e. The van der Waals surface area contributed by atoms with Crippen LogP contribution in [0.1, 0.15) is 27.7 Å². The van der Waals surface area contributed by atoms with Crippen LogP contribution in [-0.2, 0) is 4.74 Å². The Bertz CT molecular complexity index is 149. The van der Waals surface area contributed by atoms with Gasteiger partial charge in [0.15, 0.2) is 0 Å². The Hall–Kier alpha value is -0.460. The van der Waals surface area contributed by atoms with Crippen molar-refractivity contribution in [1.82, 2.24) is 0 Å². The summed E-state index contributed by atoms with van der Waals surface area (Å²) < 4.78 is 5.41. The lowest BCUT2D eigenvalue weighted by atomic mass is 9.85. The lowest BCUT2D eigenvalue weighted by molar-refractivity contribution is 0.0676. The van der Waals surface area contributed by atoms with Crippen LogP contribution < -0.4 is 0 Å². The third kappa shape index (κ3) is 1.18. The van der Waals surface area contributed by atoms with E-state index in [2.05, 4.69) is 27.7 Å². The van der Waals surface area contributed by atoms with Crippen molar-refractivity contribution in [2.75, 3.05) is 0 Å². The Kier molecular flexibility index (Phi) is 2.02. The normalized spacial score (nSPS) is 40.4. The van der Waals surface area contributed by atoms with E-state index in [0.717, 1.165) is 0 Å². The fraction of sp³-hybridized carbons (Fsp3) is 0.778. The van der Waals surface area contributed by atoms with Gasteiger partial charge in [-0.1, -0.05) is 13.8 Å². The van der Waals surface area contributed by atoms with Crippen LogP contribution in [0.2, 0.25) is 0 Å². The first kappa shape index (κ1) is 7.64. The first-order valence-corrected chi connectivity index (χ1v) is 3.95. The highest BCUT2D eigenvalue weighted by Crippen LogP contribution is 2.28. The van der Waals surface area contributed by atoms with Gasteiger partial charge in [-0.25, -0.2) is 0 Å². The molecule has 0 saturated carbocycles. The van der Waals surface area contributed by atoms with Gasteiger partial charge in [-0.05, 0) is 31.3 Å². The fourth-order valence-electron chi connectivity index (χ4n) is 1.27. The molecule has 0 radical (unpaired) electrons. The maximum absolute atomic E-state index is 5.41. The molecule has 3 unspecified atom stereocenters. The van der Waals surface area contributed by atoms with Crippen molar-refractivity contribution in [2.45, 2.75) is 33.8 Å². The highest BCUT2D eigenvalue weighted by Gasteiger charge is 2.24. The maximum atomic E-state index is 5.41.